The largest absolute Gasteiger partial charge is 0.393 e. The Balaban J connectivity index is 1.70. The number of aliphatic hydroxyl groups excluding tert-OH is 1. The fourth-order valence-electron chi connectivity index (χ4n) is 7.39. The van der Waals surface area contributed by atoms with Crippen molar-refractivity contribution in [2.24, 2.45) is 34.5 Å². The van der Waals surface area contributed by atoms with Crippen LogP contribution in [-0.4, -0.2) is 27.7 Å². The summed E-state index contributed by atoms with van der Waals surface area (Å²) in [6.07, 6.45) is 6.99. The van der Waals surface area contributed by atoms with E-state index in [2.05, 4.69) is 13.8 Å². The lowest BCUT2D eigenvalue weighted by Crippen LogP contribution is -2.60. The standard InChI is InChI=1S/C20H32O3/c1-18-8-6-13(21)10-12(18)4-5-14-15-7-9-20(3,23)19(15,2)11-16(22)17(14)18/h12,14-17,22-23H,4-11H2,1-3H3. The van der Waals surface area contributed by atoms with E-state index in [1.54, 1.807) is 0 Å². The number of Topliss-reactive ketones (excluding diaryl/α,β-unsaturated/α-hetero) is 1. The summed E-state index contributed by atoms with van der Waals surface area (Å²) < 4.78 is 0. The van der Waals surface area contributed by atoms with Gasteiger partial charge in [0.15, 0.2) is 0 Å². The highest BCUT2D eigenvalue weighted by molar-refractivity contribution is 5.79. The number of carbonyl (C=O) groups excluding carboxylic acids is 1. The second-order valence-electron chi connectivity index (χ2n) is 9.82. The van der Waals surface area contributed by atoms with E-state index < -0.39 is 5.60 Å². The zero-order valence-electron chi connectivity index (χ0n) is 14.8. The van der Waals surface area contributed by atoms with Crippen LogP contribution in [0.4, 0.5) is 0 Å². The van der Waals surface area contributed by atoms with Crippen LogP contribution >= 0.6 is 0 Å². The van der Waals surface area contributed by atoms with Gasteiger partial charge >= 0.3 is 0 Å². The molecule has 4 aliphatic rings. The van der Waals surface area contributed by atoms with Crippen LogP contribution < -0.4 is 0 Å². The number of aliphatic hydroxyl groups is 2. The predicted octanol–water partition coefficient (Wildman–Crippen LogP) is 3.32. The lowest BCUT2D eigenvalue weighted by molar-refractivity contribution is -0.192. The Labute approximate surface area is 139 Å². The van der Waals surface area contributed by atoms with Gasteiger partial charge in [-0.15, -0.1) is 0 Å². The zero-order chi connectivity index (χ0) is 16.6. The molecule has 8 atom stereocenters. The van der Waals surface area contributed by atoms with Crippen LogP contribution in [0, 0.1) is 34.5 Å². The number of hydrogen-bond donors (Lipinski definition) is 2. The zero-order valence-corrected chi connectivity index (χ0v) is 14.8. The summed E-state index contributed by atoms with van der Waals surface area (Å²) >= 11 is 0. The van der Waals surface area contributed by atoms with Gasteiger partial charge in [0.1, 0.15) is 5.78 Å². The molecule has 2 N–H and O–H groups in total. The number of fused-ring (bicyclic) bond motifs is 5. The van der Waals surface area contributed by atoms with Gasteiger partial charge < -0.3 is 10.2 Å². The van der Waals surface area contributed by atoms with Crippen molar-refractivity contribution >= 4 is 5.78 Å². The maximum atomic E-state index is 11.9. The molecule has 0 aromatic carbocycles. The fourth-order valence-corrected chi connectivity index (χ4v) is 7.39. The highest BCUT2D eigenvalue weighted by Crippen LogP contribution is 2.67. The molecule has 0 bridgehead atoms. The van der Waals surface area contributed by atoms with Gasteiger partial charge in [-0.2, -0.15) is 0 Å². The van der Waals surface area contributed by atoms with Crippen molar-refractivity contribution < 1.29 is 15.0 Å². The van der Waals surface area contributed by atoms with Gasteiger partial charge in [0, 0.05) is 18.3 Å². The van der Waals surface area contributed by atoms with E-state index >= 15 is 0 Å². The van der Waals surface area contributed by atoms with E-state index in [0.717, 1.165) is 44.9 Å². The molecule has 0 aromatic rings. The van der Waals surface area contributed by atoms with Crippen molar-refractivity contribution in [3.8, 4) is 0 Å². The molecule has 23 heavy (non-hydrogen) atoms. The molecular formula is C20H32O3. The first kappa shape index (κ1) is 16.1. The molecule has 3 heteroatoms. The Morgan fingerprint density at radius 2 is 1.83 bits per heavy atom. The number of carbonyl (C=O) groups is 1. The Hall–Kier alpha value is -0.410. The molecule has 0 amide bonds. The Morgan fingerprint density at radius 1 is 1.09 bits per heavy atom. The Kier molecular flexibility index (Phi) is 3.37. The second kappa shape index (κ2) is 4.82. The minimum Gasteiger partial charge on any atom is -0.393 e. The summed E-state index contributed by atoms with van der Waals surface area (Å²) in [6.45, 7) is 6.54. The first-order chi connectivity index (χ1) is 10.7. The Bertz CT molecular complexity index is 527. The van der Waals surface area contributed by atoms with Crippen LogP contribution in [0.1, 0.15) is 72.1 Å². The summed E-state index contributed by atoms with van der Waals surface area (Å²) in [5.41, 5.74) is -0.683. The lowest BCUT2D eigenvalue weighted by atomic mass is 9.44. The second-order valence-corrected chi connectivity index (χ2v) is 9.82. The molecule has 0 heterocycles. The van der Waals surface area contributed by atoms with E-state index in [4.69, 9.17) is 0 Å². The first-order valence-corrected chi connectivity index (χ1v) is 9.61. The van der Waals surface area contributed by atoms with Crippen molar-refractivity contribution in [1.82, 2.24) is 0 Å². The van der Waals surface area contributed by atoms with Crippen LogP contribution in [0.25, 0.3) is 0 Å². The minimum atomic E-state index is -0.649. The van der Waals surface area contributed by atoms with Gasteiger partial charge in [0.25, 0.3) is 0 Å². The molecule has 4 fully saturated rings. The summed E-state index contributed by atoms with van der Waals surface area (Å²) in [5.74, 6) is 2.26. The maximum absolute atomic E-state index is 11.9. The molecular weight excluding hydrogens is 288 g/mol. The molecule has 0 saturated heterocycles. The van der Waals surface area contributed by atoms with E-state index in [0.29, 0.717) is 35.9 Å². The highest BCUT2D eigenvalue weighted by atomic mass is 16.3. The summed E-state index contributed by atoms with van der Waals surface area (Å²) in [7, 11) is 0. The normalized spacial score (nSPS) is 59.2. The third-order valence-electron chi connectivity index (χ3n) is 8.98. The van der Waals surface area contributed by atoms with Gasteiger partial charge in [-0.25, -0.2) is 0 Å². The van der Waals surface area contributed by atoms with E-state index in [-0.39, 0.29) is 16.9 Å². The average Bonchev–Trinajstić information content (AvgIpc) is 2.69. The van der Waals surface area contributed by atoms with Crippen LogP contribution in [0.15, 0.2) is 0 Å². The molecule has 4 aliphatic carbocycles. The molecule has 130 valence electrons. The monoisotopic (exact) mass is 320 g/mol. The lowest BCUT2D eigenvalue weighted by Gasteiger charge is -2.62. The van der Waals surface area contributed by atoms with E-state index in [1.807, 2.05) is 6.92 Å². The molecule has 0 spiro atoms. The topological polar surface area (TPSA) is 57.5 Å². The third kappa shape index (κ3) is 1.99. The molecule has 8 unspecified atom stereocenters. The summed E-state index contributed by atoms with van der Waals surface area (Å²) in [5, 5.41) is 22.1. The predicted molar refractivity (Wildman–Crippen MR) is 88.7 cm³/mol. The van der Waals surface area contributed by atoms with Crippen LogP contribution in [-0.2, 0) is 4.79 Å². The molecule has 4 saturated carbocycles. The Morgan fingerprint density at radius 3 is 2.57 bits per heavy atom. The van der Waals surface area contributed by atoms with Gasteiger partial charge in [0.05, 0.1) is 11.7 Å². The third-order valence-corrected chi connectivity index (χ3v) is 8.98. The maximum Gasteiger partial charge on any atom is 0.133 e. The molecule has 3 nitrogen and oxygen atoms in total. The molecule has 4 rings (SSSR count). The van der Waals surface area contributed by atoms with Crippen LogP contribution in [0.5, 0.6) is 0 Å². The number of rotatable bonds is 0. The fraction of sp³-hybridized carbons (Fsp3) is 0.950. The van der Waals surface area contributed by atoms with Gasteiger partial charge in [0.2, 0.25) is 0 Å². The SMILES string of the molecule is CC12CCC(=O)CC1CCC1C2C(O)CC2(C)C1CCC2(C)O. The molecule has 0 aliphatic heterocycles. The quantitative estimate of drug-likeness (QED) is 0.720. The average molecular weight is 320 g/mol. The summed E-state index contributed by atoms with van der Waals surface area (Å²) in [4.78, 5) is 11.9. The van der Waals surface area contributed by atoms with Crippen LogP contribution in [0.3, 0.4) is 0 Å². The van der Waals surface area contributed by atoms with Crippen molar-refractivity contribution in [2.75, 3.05) is 0 Å². The van der Waals surface area contributed by atoms with E-state index in [9.17, 15) is 15.0 Å². The van der Waals surface area contributed by atoms with Crippen molar-refractivity contribution in [3.05, 3.63) is 0 Å². The molecule has 0 radical (unpaired) electrons. The van der Waals surface area contributed by atoms with Crippen molar-refractivity contribution in [3.63, 3.8) is 0 Å². The van der Waals surface area contributed by atoms with Crippen molar-refractivity contribution in [2.45, 2.75) is 83.8 Å². The first-order valence-electron chi connectivity index (χ1n) is 9.61. The van der Waals surface area contributed by atoms with Gasteiger partial charge in [-0.3, -0.25) is 4.79 Å². The van der Waals surface area contributed by atoms with Gasteiger partial charge in [-0.05, 0) is 74.5 Å². The summed E-state index contributed by atoms with van der Waals surface area (Å²) in [6, 6.07) is 0. The van der Waals surface area contributed by atoms with Gasteiger partial charge in [-0.1, -0.05) is 13.8 Å². The van der Waals surface area contributed by atoms with Crippen LogP contribution in [0.2, 0.25) is 0 Å². The smallest absolute Gasteiger partial charge is 0.133 e. The van der Waals surface area contributed by atoms with E-state index in [1.165, 1.54) is 0 Å². The highest BCUT2D eigenvalue weighted by Gasteiger charge is 2.65. The molecule has 0 aromatic heterocycles. The number of hydrogen-bond acceptors (Lipinski definition) is 3. The van der Waals surface area contributed by atoms with Crippen molar-refractivity contribution in [1.29, 1.82) is 0 Å². The minimum absolute atomic E-state index is 0.117. The number of ketones is 1.